The van der Waals surface area contributed by atoms with Crippen LogP contribution in [0.3, 0.4) is 0 Å². The fraction of sp³-hybridized carbons (Fsp3) is 0.286. The second-order valence-corrected chi connectivity index (χ2v) is 6.74. The van der Waals surface area contributed by atoms with Crippen molar-refractivity contribution in [3.8, 4) is 0 Å². The van der Waals surface area contributed by atoms with Gasteiger partial charge in [0.15, 0.2) is 0 Å². The van der Waals surface area contributed by atoms with Crippen LogP contribution in [0.25, 0.3) is 0 Å². The fourth-order valence-electron chi connectivity index (χ4n) is 1.69. The maximum atomic E-state index is 5.88. The maximum Gasteiger partial charge on any atom is 0.143 e. The van der Waals surface area contributed by atoms with E-state index in [1.807, 2.05) is 31.3 Å². The van der Waals surface area contributed by atoms with E-state index >= 15 is 0 Å². The summed E-state index contributed by atoms with van der Waals surface area (Å²) in [6, 6.07) is 7.76. The largest absolute Gasteiger partial charge is 0.378 e. The molecule has 112 valence electrons. The average molecular weight is 436 g/mol. The van der Waals surface area contributed by atoms with Crippen molar-refractivity contribution in [3.63, 3.8) is 0 Å². The van der Waals surface area contributed by atoms with Gasteiger partial charge in [-0.2, -0.15) is 0 Å². The first-order valence-electron chi connectivity index (χ1n) is 6.24. The lowest BCUT2D eigenvalue weighted by Gasteiger charge is -2.10. The molecule has 0 aliphatic carbocycles. The Balaban J connectivity index is 2.15. The molecule has 0 atom stereocenters. The van der Waals surface area contributed by atoms with E-state index in [0.29, 0.717) is 12.4 Å². The summed E-state index contributed by atoms with van der Waals surface area (Å²) in [5.41, 5.74) is 0.907. The number of nitrogens with one attached hydrogen (secondary N) is 1. The zero-order chi connectivity index (χ0) is 15.2. The quantitative estimate of drug-likeness (QED) is 0.544. The Morgan fingerprint density at radius 2 is 2.00 bits per heavy atom. The molecule has 1 aromatic carbocycles. The van der Waals surface area contributed by atoms with Gasteiger partial charge in [0.25, 0.3) is 0 Å². The molecule has 1 aromatic heterocycles. The first-order valence-corrected chi connectivity index (χ1v) is 8.68. The topological polar surface area (TPSA) is 47.0 Å². The molecule has 21 heavy (non-hydrogen) atoms. The van der Waals surface area contributed by atoms with Gasteiger partial charge in [0, 0.05) is 24.1 Å². The van der Waals surface area contributed by atoms with E-state index in [0.717, 1.165) is 30.8 Å². The summed E-state index contributed by atoms with van der Waals surface area (Å²) >= 11 is 9.80. The van der Waals surface area contributed by atoms with Gasteiger partial charge in [-0.25, -0.2) is 9.97 Å². The normalized spacial score (nSPS) is 10.7. The molecule has 0 aliphatic rings. The summed E-state index contributed by atoms with van der Waals surface area (Å²) < 4.78 is 6.19. The van der Waals surface area contributed by atoms with Gasteiger partial charge in [0.05, 0.1) is 21.6 Å². The van der Waals surface area contributed by atoms with Gasteiger partial charge < -0.3 is 10.1 Å². The molecule has 0 saturated carbocycles. The van der Waals surface area contributed by atoms with Crippen molar-refractivity contribution in [1.29, 1.82) is 0 Å². The molecule has 7 heteroatoms. The summed E-state index contributed by atoms with van der Waals surface area (Å²) in [4.78, 5) is 10.2. The summed E-state index contributed by atoms with van der Waals surface area (Å²) in [6.45, 7) is 0.480. The Morgan fingerprint density at radius 3 is 2.62 bits per heavy atom. The highest BCUT2D eigenvalue weighted by Gasteiger charge is 2.11. The van der Waals surface area contributed by atoms with Crippen LogP contribution in [0.1, 0.15) is 11.5 Å². The van der Waals surface area contributed by atoms with Crippen molar-refractivity contribution < 1.29 is 4.74 Å². The van der Waals surface area contributed by atoms with Crippen molar-refractivity contribution in [2.75, 3.05) is 19.5 Å². The van der Waals surface area contributed by atoms with Crippen molar-refractivity contribution >= 4 is 51.8 Å². The van der Waals surface area contributed by atoms with Crippen molar-refractivity contribution in [1.82, 2.24) is 9.97 Å². The Morgan fingerprint density at radius 1 is 1.29 bits per heavy atom. The molecule has 0 bridgehead atoms. The molecule has 0 aliphatic heterocycles. The van der Waals surface area contributed by atoms with Gasteiger partial charge >= 0.3 is 0 Å². The highest BCUT2D eigenvalue weighted by molar-refractivity contribution is 14.1. The Labute approximate surface area is 147 Å². The number of ether oxygens (including phenoxy) is 1. The molecular weight excluding hydrogens is 421 g/mol. The fourth-order valence-corrected chi connectivity index (χ4v) is 3.23. The minimum atomic E-state index is 0.480. The second-order valence-electron chi connectivity index (χ2n) is 4.17. The lowest BCUT2D eigenvalue weighted by molar-refractivity contribution is 0.180. The minimum Gasteiger partial charge on any atom is -0.378 e. The first kappa shape index (κ1) is 16.8. The number of methoxy groups -OCH3 is 1. The van der Waals surface area contributed by atoms with E-state index in [1.165, 1.54) is 0 Å². The number of thioether (sulfide) groups is 1. The third-order valence-electron chi connectivity index (χ3n) is 2.67. The zero-order valence-corrected chi connectivity index (χ0v) is 15.4. The molecule has 1 N–H and O–H groups in total. The van der Waals surface area contributed by atoms with E-state index in [2.05, 4.69) is 37.9 Å². The molecule has 0 amide bonds. The van der Waals surface area contributed by atoms with Crippen LogP contribution >= 0.6 is 46.0 Å². The number of anilines is 1. The third kappa shape index (κ3) is 4.70. The number of halogens is 2. The Kier molecular flexibility index (Phi) is 6.53. The molecule has 0 spiro atoms. The van der Waals surface area contributed by atoms with E-state index in [4.69, 9.17) is 16.3 Å². The summed E-state index contributed by atoms with van der Waals surface area (Å²) in [6.07, 6.45) is 0. The zero-order valence-electron chi connectivity index (χ0n) is 11.7. The van der Waals surface area contributed by atoms with Crippen LogP contribution in [0.2, 0.25) is 5.02 Å². The van der Waals surface area contributed by atoms with Crippen molar-refractivity contribution in [2.45, 2.75) is 17.3 Å². The number of nitrogens with zero attached hydrogens (tertiary/aromatic N) is 2. The highest BCUT2D eigenvalue weighted by Crippen LogP contribution is 2.25. The lowest BCUT2D eigenvalue weighted by Crippen LogP contribution is -2.07. The van der Waals surface area contributed by atoms with Crippen LogP contribution in [0.15, 0.2) is 29.2 Å². The second kappa shape index (κ2) is 8.17. The van der Waals surface area contributed by atoms with Gasteiger partial charge in [-0.3, -0.25) is 0 Å². The third-order valence-corrected chi connectivity index (χ3v) is 5.06. The molecule has 0 fully saturated rings. The molecule has 0 unspecified atom stereocenters. The number of aromatic nitrogens is 2. The molecule has 4 nitrogen and oxygen atoms in total. The van der Waals surface area contributed by atoms with Crippen molar-refractivity contribution in [2.24, 2.45) is 0 Å². The number of hydrogen-bond acceptors (Lipinski definition) is 5. The Hall–Kier alpha value is -0.570. The van der Waals surface area contributed by atoms with Crippen LogP contribution in [0.5, 0.6) is 0 Å². The molecule has 1 heterocycles. The first-order chi connectivity index (χ1) is 10.1. The molecule has 2 aromatic rings. The van der Waals surface area contributed by atoms with E-state index < -0.39 is 0 Å². The maximum absolute atomic E-state index is 5.88. The van der Waals surface area contributed by atoms with Crippen LogP contribution in [-0.4, -0.2) is 24.1 Å². The van der Waals surface area contributed by atoms with E-state index in [1.54, 1.807) is 18.9 Å². The number of rotatable bonds is 6. The molecule has 2 rings (SSSR count). The van der Waals surface area contributed by atoms with Gasteiger partial charge in [-0.1, -0.05) is 11.6 Å². The van der Waals surface area contributed by atoms with E-state index in [-0.39, 0.29) is 0 Å². The van der Waals surface area contributed by atoms with E-state index in [9.17, 15) is 0 Å². The monoisotopic (exact) mass is 435 g/mol. The van der Waals surface area contributed by atoms with Gasteiger partial charge in [-0.05, 0) is 46.9 Å². The standard InChI is InChI=1S/C14H15ClIN3OS/c1-17-14-13(16)11(7-20-2)18-12(19-14)8-21-10-5-3-9(15)4-6-10/h3-6H,7-8H2,1-2H3,(H,17,18,19). The number of benzene rings is 1. The summed E-state index contributed by atoms with van der Waals surface area (Å²) in [5, 5.41) is 3.84. The lowest BCUT2D eigenvalue weighted by atomic mass is 10.4. The van der Waals surface area contributed by atoms with Gasteiger partial charge in [-0.15, -0.1) is 11.8 Å². The smallest absolute Gasteiger partial charge is 0.143 e. The van der Waals surface area contributed by atoms with Crippen LogP contribution in [-0.2, 0) is 17.1 Å². The highest BCUT2D eigenvalue weighted by atomic mass is 127. The minimum absolute atomic E-state index is 0.480. The molecular formula is C14H15ClIN3OS. The average Bonchev–Trinajstić information content (AvgIpc) is 2.49. The summed E-state index contributed by atoms with van der Waals surface area (Å²) in [5.74, 6) is 2.32. The Bertz CT molecular complexity index is 610. The van der Waals surface area contributed by atoms with Gasteiger partial charge in [0.2, 0.25) is 0 Å². The molecule has 0 saturated heterocycles. The van der Waals surface area contributed by atoms with Crippen LogP contribution in [0, 0.1) is 3.57 Å². The predicted molar refractivity (Wildman–Crippen MR) is 96.0 cm³/mol. The summed E-state index contributed by atoms with van der Waals surface area (Å²) in [7, 11) is 3.52. The predicted octanol–water partition coefficient (Wildman–Crippen LogP) is 4.22. The van der Waals surface area contributed by atoms with Crippen LogP contribution < -0.4 is 5.32 Å². The van der Waals surface area contributed by atoms with Crippen molar-refractivity contribution in [3.05, 3.63) is 44.4 Å². The SMILES string of the molecule is CNc1nc(CSc2ccc(Cl)cc2)nc(COC)c1I. The van der Waals surface area contributed by atoms with Crippen LogP contribution in [0.4, 0.5) is 5.82 Å². The van der Waals surface area contributed by atoms with Gasteiger partial charge in [0.1, 0.15) is 11.6 Å². The molecule has 0 radical (unpaired) electrons. The number of hydrogen-bond donors (Lipinski definition) is 1.